The molecule has 1 N–H and O–H groups in total. The van der Waals surface area contributed by atoms with Crippen molar-refractivity contribution in [1.29, 1.82) is 0 Å². The zero-order valence-electron chi connectivity index (χ0n) is 8.33. The molecule has 0 saturated carbocycles. The number of pyridine rings is 1. The number of aliphatic imine (C=N–C) groups is 1. The molecule has 0 unspecified atom stereocenters. The van der Waals surface area contributed by atoms with Crippen LogP contribution in [-0.2, 0) is 4.74 Å². The lowest BCUT2D eigenvalue weighted by atomic mass is 10.4. The number of hydrogen-bond donors (Lipinski definition) is 1. The van der Waals surface area contributed by atoms with Gasteiger partial charge in [-0.1, -0.05) is 0 Å². The minimum absolute atomic E-state index is 0.0991. The normalized spacial score (nSPS) is 17.2. The summed E-state index contributed by atoms with van der Waals surface area (Å²) in [6.45, 7) is 3.15. The van der Waals surface area contributed by atoms with Gasteiger partial charge in [0, 0.05) is 19.3 Å². The summed E-state index contributed by atoms with van der Waals surface area (Å²) in [4.78, 5) is 10.0. The predicted molar refractivity (Wildman–Crippen MR) is 56.4 cm³/mol. The molecule has 2 heterocycles. The number of nitrogens with zero attached hydrogens (tertiary/aromatic N) is 3. The third-order valence-corrected chi connectivity index (χ3v) is 2.18. The van der Waals surface area contributed by atoms with E-state index in [4.69, 9.17) is 4.74 Å². The fourth-order valence-corrected chi connectivity index (χ4v) is 1.32. The van der Waals surface area contributed by atoms with Crippen LogP contribution < -0.4 is 0 Å². The van der Waals surface area contributed by atoms with Gasteiger partial charge in [-0.15, -0.1) is 0 Å². The number of aromatic hydroxyl groups is 1. The lowest BCUT2D eigenvalue weighted by Crippen LogP contribution is -2.34. The molecule has 0 bridgehead atoms. The summed E-state index contributed by atoms with van der Waals surface area (Å²) in [7, 11) is 0. The first-order chi connectivity index (χ1) is 7.36. The van der Waals surface area contributed by atoms with Crippen LogP contribution in [0.25, 0.3) is 0 Å². The minimum atomic E-state index is 0.0991. The first kappa shape index (κ1) is 9.92. The highest BCUT2D eigenvalue weighted by atomic mass is 16.5. The third-order valence-electron chi connectivity index (χ3n) is 2.18. The van der Waals surface area contributed by atoms with Gasteiger partial charge < -0.3 is 14.7 Å². The molecular weight excluding hydrogens is 194 g/mol. The molecule has 80 valence electrons. The quantitative estimate of drug-likeness (QED) is 0.575. The molecular formula is C10H13N3O2. The van der Waals surface area contributed by atoms with Crippen LogP contribution in [0.5, 0.6) is 5.75 Å². The van der Waals surface area contributed by atoms with E-state index in [0.717, 1.165) is 26.3 Å². The van der Waals surface area contributed by atoms with Gasteiger partial charge in [0.2, 0.25) is 0 Å². The van der Waals surface area contributed by atoms with Gasteiger partial charge >= 0.3 is 0 Å². The largest absolute Gasteiger partial charge is 0.504 e. The van der Waals surface area contributed by atoms with Crippen LogP contribution in [0.4, 0.5) is 5.69 Å². The van der Waals surface area contributed by atoms with Crippen molar-refractivity contribution in [2.75, 3.05) is 26.3 Å². The van der Waals surface area contributed by atoms with Crippen molar-refractivity contribution in [2.45, 2.75) is 0 Å². The van der Waals surface area contributed by atoms with Gasteiger partial charge in [-0.25, -0.2) is 4.99 Å². The SMILES string of the molecule is Oc1cnccc1/N=C/N1CCOCC1. The first-order valence-electron chi connectivity index (χ1n) is 4.85. The second kappa shape index (κ2) is 4.75. The predicted octanol–water partition coefficient (Wildman–Crippen LogP) is 0.779. The molecule has 1 saturated heterocycles. The van der Waals surface area contributed by atoms with Crippen LogP contribution in [-0.4, -0.2) is 47.6 Å². The van der Waals surface area contributed by atoms with Crippen molar-refractivity contribution >= 4 is 12.0 Å². The van der Waals surface area contributed by atoms with E-state index in [0.29, 0.717) is 5.69 Å². The molecule has 0 amide bonds. The molecule has 0 spiro atoms. The summed E-state index contributed by atoms with van der Waals surface area (Å²) >= 11 is 0. The Hall–Kier alpha value is -1.62. The van der Waals surface area contributed by atoms with Crippen molar-refractivity contribution in [3.63, 3.8) is 0 Å². The maximum absolute atomic E-state index is 9.42. The van der Waals surface area contributed by atoms with Crippen molar-refractivity contribution < 1.29 is 9.84 Å². The monoisotopic (exact) mass is 207 g/mol. The molecule has 1 fully saturated rings. The zero-order valence-corrected chi connectivity index (χ0v) is 8.33. The highest BCUT2D eigenvalue weighted by molar-refractivity contribution is 5.64. The fraction of sp³-hybridized carbons (Fsp3) is 0.400. The van der Waals surface area contributed by atoms with Gasteiger partial charge in [0.25, 0.3) is 0 Å². The topological polar surface area (TPSA) is 58.0 Å². The molecule has 5 nitrogen and oxygen atoms in total. The average Bonchev–Trinajstić information content (AvgIpc) is 2.29. The maximum atomic E-state index is 9.42. The standard InChI is InChI=1S/C10H13N3O2/c14-10-7-11-2-1-9(10)12-8-13-3-5-15-6-4-13/h1-2,7-8,14H,3-6H2/b12-8+. The first-order valence-corrected chi connectivity index (χ1v) is 4.85. The molecule has 0 aromatic carbocycles. The molecule has 15 heavy (non-hydrogen) atoms. The second-order valence-electron chi connectivity index (χ2n) is 3.26. The Morgan fingerprint density at radius 3 is 3.00 bits per heavy atom. The van der Waals surface area contributed by atoms with Crippen LogP contribution in [0.15, 0.2) is 23.5 Å². The number of ether oxygens (including phenoxy) is 1. The molecule has 1 aliphatic heterocycles. The van der Waals surface area contributed by atoms with Gasteiger partial charge in [0.1, 0.15) is 5.69 Å². The van der Waals surface area contributed by atoms with Gasteiger partial charge in [-0.3, -0.25) is 4.98 Å². The van der Waals surface area contributed by atoms with Gasteiger partial charge in [-0.05, 0) is 6.07 Å². The van der Waals surface area contributed by atoms with Crippen LogP contribution >= 0.6 is 0 Å². The van der Waals surface area contributed by atoms with Gasteiger partial charge in [-0.2, -0.15) is 0 Å². The Bertz CT molecular complexity index is 348. The minimum Gasteiger partial charge on any atom is -0.504 e. The molecule has 5 heteroatoms. The summed E-state index contributed by atoms with van der Waals surface area (Å²) in [5, 5.41) is 9.42. The number of hydrogen-bond acceptors (Lipinski definition) is 4. The molecule has 1 aromatic rings. The smallest absolute Gasteiger partial charge is 0.159 e. The second-order valence-corrected chi connectivity index (χ2v) is 3.26. The van der Waals surface area contributed by atoms with Crippen LogP contribution in [0, 0.1) is 0 Å². The lowest BCUT2D eigenvalue weighted by molar-refractivity contribution is 0.0701. The van der Waals surface area contributed by atoms with Crippen molar-refractivity contribution in [1.82, 2.24) is 9.88 Å². The Kier molecular flexibility index (Phi) is 3.14. The van der Waals surface area contributed by atoms with Crippen molar-refractivity contribution in [2.24, 2.45) is 4.99 Å². The molecule has 0 radical (unpaired) electrons. The van der Waals surface area contributed by atoms with E-state index < -0.39 is 0 Å². The summed E-state index contributed by atoms with van der Waals surface area (Å²) in [6.07, 6.45) is 4.72. The summed E-state index contributed by atoms with van der Waals surface area (Å²) in [5.74, 6) is 0.0991. The van der Waals surface area contributed by atoms with Crippen LogP contribution in [0.2, 0.25) is 0 Å². The fourth-order valence-electron chi connectivity index (χ4n) is 1.32. The Morgan fingerprint density at radius 1 is 1.47 bits per heavy atom. The number of morpholine rings is 1. The zero-order chi connectivity index (χ0) is 10.5. The Labute approximate surface area is 88.0 Å². The van der Waals surface area contributed by atoms with E-state index in [2.05, 4.69) is 14.9 Å². The van der Waals surface area contributed by atoms with Crippen molar-refractivity contribution in [3.8, 4) is 5.75 Å². The molecule has 1 aliphatic rings. The highest BCUT2D eigenvalue weighted by Crippen LogP contribution is 2.23. The van der Waals surface area contributed by atoms with E-state index in [-0.39, 0.29) is 5.75 Å². The average molecular weight is 207 g/mol. The molecule has 1 aromatic heterocycles. The van der Waals surface area contributed by atoms with E-state index in [1.54, 1.807) is 18.6 Å². The highest BCUT2D eigenvalue weighted by Gasteiger charge is 2.06. The van der Waals surface area contributed by atoms with E-state index in [1.807, 2.05) is 0 Å². The number of aromatic nitrogens is 1. The van der Waals surface area contributed by atoms with Gasteiger partial charge in [0.05, 0.1) is 25.7 Å². The van der Waals surface area contributed by atoms with Gasteiger partial charge in [0.15, 0.2) is 5.75 Å². The Morgan fingerprint density at radius 2 is 2.27 bits per heavy atom. The summed E-state index contributed by atoms with van der Waals surface area (Å²) in [5.41, 5.74) is 0.538. The lowest BCUT2D eigenvalue weighted by Gasteiger charge is -2.24. The van der Waals surface area contributed by atoms with Crippen LogP contribution in [0.3, 0.4) is 0 Å². The molecule has 0 aliphatic carbocycles. The molecule has 2 rings (SSSR count). The van der Waals surface area contributed by atoms with E-state index in [1.165, 1.54) is 6.20 Å². The Balaban J connectivity index is 2.01. The van der Waals surface area contributed by atoms with Crippen LogP contribution in [0.1, 0.15) is 0 Å². The summed E-state index contributed by atoms with van der Waals surface area (Å²) < 4.78 is 5.21. The van der Waals surface area contributed by atoms with Crippen molar-refractivity contribution in [3.05, 3.63) is 18.5 Å². The third kappa shape index (κ3) is 2.66. The maximum Gasteiger partial charge on any atom is 0.159 e. The number of rotatable bonds is 2. The van der Waals surface area contributed by atoms with E-state index in [9.17, 15) is 5.11 Å². The molecule has 0 atom stereocenters. The van der Waals surface area contributed by atoms with E-state index >= 15 is 0 Å². The summed E-state index contributed by atoms with van der Waals surface area (Å²) in [6, 6.07) is 1.67.